The van der Waals surface area contributed by atoms with E-state index >= 15 is 0 Å². The Morgan fingerprint density at radius 2 is 2.18 bits per heavy atom. The third-order valence-corrected chi connectivity index (χ3v) is 6.17. The van der Waals surface area contributed by atoms with Crippen molar-refractivity contribution in [2.45, 2.75) is 26.3 Å². The van der Waals surface area contributed by atoms with Crippen molar-refractivity contribution in [3.05, 3.63) is 42.2 Å². The van der Waals surface area contributed by atoms with Crippen molar-refractivity contribution in [2.75, 3.05) is 7.05 Å². The molecular formula is C13H16BrNS2. The monoisotopic (exact) mass is 329 g/mol. The second kappa shape index (κ2) is 5.65. The normalized spacial score (nSPS) is 12.9. The van der Waals surface area contributed by atoms with E-state index < -0.39 is 0 Å². The molecule has 2 aromatic rings. The first kappa shape index (κ1) is 13.3. The highest BCUT2D eigenvalue weighted by atomic mass is 79.9. The lowest BCUT2D eigenvalue weighted by Crippen LogP contribution is -2.17. The number of rotatable bonds is 4. The summed E-state index contributed by atoms with van der Waals surface area (Å²) in [6.07, 6.45) is 1.05. The van der Waals surface area contributed by atoms with Gasteiger partial charge in [0.15, 0.2) is 0 Å². The van der Waals surface area contributed by atoms with Crippen molar-refractivity contribution in [3.63, 3.8) is 0 Å². The van der Waals surface area contributed by atoms with Gasteiger partial charge in [-0.05, 0) is 59.9 Å². The lowest BCUT2D eigenvalue weighted by Gasteiger charge is -2.13. The molecule has 0 saturated carbocycles. The lowest BCUT2D eigenvalue weighted by molar-refractivity contribution is 0.606. The molecule has 2 rings (SSSR count). The van der Waals surface area contributed by atoms with Crippen molar-refractivity contribution >= 4 is 38.6 Å². The zero-order valence-corrected chi connectivity index (χ0v) is 13.4. The van der Waals surface area contributed by atoms with Crippen LogP contribution in [0.15, 0.2) is 22.0 Å². The molecule has 0 saturated heterocycles. The van der Waals surface area contributed by atoms with Gasteiger partial charge in [0.25, 0.3) is 0 Å². The minimum atomic E-state index is 0.419. The Bertz CT molecular complexity index is 482. The average molecular weight is 330 g/mol. The molecule has 0 aromatic carbocycles. The van der Waals surface area contributed by atoms with Crippen LogP contribution in [0, 0.1) is 13.8 Å². The Hall–Kier alpha value is -0.160. The quantitative estimate of drug-likeness (QED) is 0.857. The molecule has 2 aromatic heterocycles. The van der Waals surface area contributed by atoms with Crippen LogP contribution in [0.2, 0.25) is 0 Å². The van der Waals surface area contributed by atoms with E-state index in [1.54, 1.807) is 0 Å². The highest BCUT2D eigenvalue weighted by molar-refractivity contribution is 9.10. The van der Waals surface area contributed by atoms with E-state index in [1.807, 2.05) is 29.7 Å². The minimum absolute atomic E-state index is 0.419. The molecule has 0 spiro atoms. The predicted molar refractivity (Wildman–Crippen MR) is 81.3 cm³/mol. The van der Waals surface area contributed by atoms with Gasteiger partial charge in [0.05, 0.1) is 0 Å². The Labute approximate surface area is 119 Å². The standard InChI is InChI=1S/C13H16BrNS2/c1-8-6-13(17-9(8)2)11(15-3)7-12-10(14)4-5-16-12/h4-6,11,15H,7H2,1-3H3. The highest BCUT2D eigenvalue weighted by Gasteiger charge is 2.15. The molecule has 92 valence electrons. The smallest absolute Gasteiger partial charge is 0.0461 e. The molecule has 0 aliphatic heterocycles. The van der Waals surface area contributed by atoms with Gasteiger partial charge in [0.2, 0.25) is 0 Å². The van der Waals surface area contributed by atoms with Crippen LogP contribution in [0.1, 0.15) is 26.2 Å². The van der Waals surface area contributed by atoms with E-state index in [2.05, 4.69) is 52.6 Å². The number of aryl methyl sites for hydroxylation is 2. The maximum absolute atomic E-state index is 3.60. The highest BCUT2D eigenvalue weighted by Crippen LogP contribution is 2.32. The third-order valence-electron chi connectivity index (χ3n) is 2.96. The van der Waals surface area contributed by atoms with Gasteiger partial charge in [-0.15, -0.1) is 22.7 Å². The summed E-state index contributed by atoms with van der Waals surface area (Å²) in [5.41, 5.74) is 1.40. The fourth-order valence-corrected chi connectivity index (χ4v) is 4.49. The second-order valence-corrected chi connectivity index (χ2v) is 7.27. The van der Waals surface area contributed by atoms with Crippen LogP contribution >= 0.6 is 38.6 Å². The Morgan fingerprint density at radius 3 is 2.65 bits per heavy atom. The summed E-state index contributed by atoms with van der Waals surface area (Å²) in [6.45, 7) is 4.38. The van der Waals surface area contributed by atoms with Crippen molar-refractivity contribution in [2.24, 2.45) is 0 Å². The first-order chi connectivity index (χ1) is 8.11. The van der Waals surface area contributed by atoms with Gasteiger partial charge >= 0.3 is 0 Å². The van der Waals surface area contributed by atoms with Crippen molar-refractivity contribution in [1.82, 2.24) is 5.32 Å². The van der Waals surface area contributed by atoms with E-state index in [0.717, 1.165) is 6.42 Å². The van der Waals surface area contributed by atoms with Gasteiger partial charge in [-0.1, -0.05) is 0 Å². The van der Waals surface area contributed by atoms with Gasteiger partial charge in [0.1, 0.15) is 0 Å². The van der Waals surface area contributed by atoms with E-state index in [0.29, 0.717) is 6.04 Å². The molecule has 0 amide bonds. The fraction of sp³-hybridized carbons (Fsp3) is 0.385. The topological polar surface area (TPSA) is 12.0 Å². The third kappa shape index (κ3) is 2.99. The molecule has 1 nitrogen and oxygen atoms in total. The van der Waals surface area contributed by atoms with Gasteiger partial charge in [0, 0.05) is 31.6 Å². The number of thiophene rings is 2. The average Bonchev–Trinajstić information content (AvgIpc) is 2.83. The number of nitrogens with one attached hydrogen (secondary N) is 1. The summed E-state index contributed by atoms with van der Waals surface area (Å²) >= 11 is 7.32. The maximum Gasteiger partial charge on any atom is 0.0461 e. The summed E-state index contributed by atoms with van der Waals surface area (Å²) in [4.78, 5) is 4.27. The van der Waals surface area contributed by atoms with Gasteiger partial charge < -0.3 is 5.32 Å². The minimum Gasteiger partial charge on any atom is -0.312 e. The summed E-state index contributed by atoms with van der Waals surface area (Å²) in [5.74, 6) is 0. The Kier molecular flexibility index (Phi) is 4.42. The molecule has 17 heavy (non-hydrogen) atoms. The van der Waals surface area contributed by atoms with Crippen LogP contribution in [0.25, 0.3) is 0 Å². The SMILES string of the molecule is CNC(Cc1sccc1Br)c1cc(C)c(C)s1. The molecule has 2 heterocycles. The van der Waals surface area contributed by atoms with Gasteiger partial charge in [-0.3, -0.25) is 0 Å². The molecule has 0 aliphatic rings. The first-order valence-electron chi connectivity index (χ1n) is 5.58. The Balaban J connectivity index is 2.20. The number of likely N-dealkylation sites (N-methyl/N-ethyl adjacent to an activating group) is 1. The van der Waals surface area contributed by atoms with Gasteiger partial charge in [-0.25, -0.2) is 0 Å². The van der Waals surface area contributed by atoms with Crippen LogP contribution in [-0.2, 0) is 6.42 Å². The van der Waals surface area contributed by atoms with Crippen molar-refractivity contribution < 1.29 is 0 Å². The second-order valence-electron chi connectivity index (χ2n) is 4.13. The van der Waals surface area contributed by atoms with E-state index in [4.69, 9.17) is 0 Å². The number of hydrogen-bond acceptors (Lipinski definition) is 3. The molecular weight excluding hydrogens is 314 g/mol. The zero-order valence-electron chi connectivity index (χ0n) is 10.2. The van der Waals surface area contributed by atoms with Crippen molar-refractivity contribution in [1.29, 1.82) is 0 Å². The van der Waals surface area contributed by atoms with E-state index in [1.165, 1.54) is 24.7 Å². The number of hydrogen-bond donors (Lipinski definition) is 1. The molecule has 1 atom stereocenters. The van der Waals surface area contributed by atoms with Crippen LogP contribution in [0.3, 0.4) is 0 Å². The summed E-state index contributed by atoms with van der Waals surface area (Å²) < 4.78 is 1.23. The predicted octanol–water partition coefficient (Wildman–Crippen LogP) is 4.69. The van der Waals surface area contributed by atoms with Gasteiger partial charge in [-0.2, -0.15) is 0 Å². The molecule has 0 fully saturated rings. The van der Waals surface area contributed by atoms with E-state index in [-0.39, 0.29) is 0 Å². The van der Waals surface area contributed by atoms with Crippen LogP contribution in [0.4, 0.5) is 0 Å². The number of halogens is 1. The molecule has 0 bridgehead atoms. The summed E-state index contributed by atoms with van der Waals surface area (Å²) in [5, 5.41) is 5.56. The maximum atomic E-state index is 3.60. The molecule has 1 N–H and O–H groups in total. The van der Waals surface area contributed by atoms with Crippen LogP contribution in [-0.4, -0.2) is 7.05 Å². The Morgan fingerprint density at radius 1 is 1.41 bits per heavy atom. The summed E-state index contributed by atoms with van der Waals surface area (Å²) in [6, 6.07) is 4.85. The molecule has 0 aliphatic carbocycles. The first-order valence-corrected chi connectivity index (χ1v) is 8.06. The zero-order chi connectivity index (χ0) is 12.4. The van der Waals surface area contributed by atoms with E-state index in [9.17, 15) is 0 Å². The largest absolute Gasteiger partial charge is 0.312 e. The summed E-state index contributed by atoms with van der Waals surface area (Å²) in [7, 11) is 2.04. The lowest BCUT2D eigenvalue weighted by atomic mass is 10.1. The molecule has 4 heteroatoms. The van der Waals surface area contributed by atoms with Crippen LogP contribution in [0.5, 0.6) is 0 Å². The van der Waals surface area contributed by atoms with Crippen LogP contribution < -0.4 is 5.32 Å². The fourth-order valence-electron chi connectivity index (χ4n) is 1.77. The molecule has 0 radical (unpaired) electrons. The van der Waals surface area contributed by atoms with Crippen molar-refractivity contribution in [3.8, 4) is 0 Å². The molecule has 1 unspecified atom stereocenters.